The lowest BCUT2D eigenvalue weighted by Gasteiger charge is -2.18. The SMILES string of the molecule is O=[N+]([O-])c1cccc(COC(CCOF)OCCCCCBr)c1. The zero-order chi connectivity index (χ0) is 16.9. The van der Waals surface area contributed by atoms with Crippen LogP contribution in [0.15, 0.2) is 24.3 Å². The van der Waals surface area contributed by atoms with Crippen LogP contribution in [-0.4, -0.2) is 29.8 Å². The third kappa shape index (κ3) is 8.95. The van der Waals surface area contributed by atoms with Crippen LogP contribution in [0, 0.1) is 10.1 Å². The van der Waals surface area contributed by atoms with E-state index in [2.05, 4.69) is 20.9 Å². The largest absolute Gasteiger partial charge is 0.353 e. The Morgan fingerprint density at radius 3 is 2.74 bits per heavy atom. The molecule has 0 radical (unpaired) electrons. The van der Waals surface area contributed by atoms with Crippen molar-refractivity contribution in [2.45, 2.75) is 38.6 Å². The smallest absolute Gasteiger partial charge is 0.269 e. The van der Waals surface area contributed by atoms with Crippen LogP contribution >= 0.6 is 15.9 Å². The van der Waals surface area contributed by atoms with E-state index >= 15 is 0 Å². The van der Waals surface area contributed by atoms with Crippen molar-refractivity contribution in [3.63, 3.8) is 0 Å². The molecule has 6 nitrogen and oxygen atoms in total. The van der Waals surface area contributed by atoms with E-state index in [-0.39, 0.29) is 25.3 Å². The molecular weight excluding hydrogens is 373 g/mol. The van der Waals surface area contributed by atoms with Crippen LogP contribution in [-0.2, 0) is 21.0 Å². The van der Waals surface area contributed by atoms with Crippen LogP contribution in [0.3, 0.4) is 0 Å². The number of benzene rings is 1. The van der Waals surface area contributed by atoms with E-state index in [1.807, 2.05) is 0 Å². The summed E-state index contributed by atoms with van der Waals surface area (Å²) in [5.41, 5.74) is 0.665. The van der Waals surface area contributed by atoms with Gasteiger partial charge in [0.15, 0.2) is 6.29 Å². The molecule has 0 N–H and O–H groups in total. The van der Waals surface area contributed by atoms with Gasteiger partial charge in [-0.15, -0.1) is 0 Å². The number of hydrogen-bond acceptors (Lipinski definition) is 5. The number of alkyl halides is 1. The maximum atomic E-state index is 11.9. The van der Waals surface area contributed by atoms with Crippen LogP contribution in [0.1, 0.15) is 31.2 Å². The average molecular weight is 394 g/mol. The van der Waals surface area contributed by atoms with E-state index in [1.54, 1.807) is 12.1 Å². The third-order valence-corrected chi connectivity index (χ3v) is 3.63. The first-order chi connectivity index (χ1) is 11.2. The van der Waals surface area contributed by atoms with E-state index in [0.29, 0.717) is 12.2 Å². The molecule has 0 aliphatic heterocycles. The van der Waals surface area contributed by atoms with Gasteiger partial charge in [0.25, 0.3) is 5.69 Å². The molecule has 0 heterocycles. The summed E-state index contributed by atoms with van der Waals surface area (Å²) in [5.74, 6) is 0. The van der Waals surface area contributed by atoms with Crippen LogP contribution in [0.5, 0.6) is 0 Å². The highest BCUT2D eigenvalue weighted by Crippen LogP contribution is 2.15. The molecule has 1 atom stereocenters. The first-order valence-corrected chi connectivity index (χ1v) is 8.55. The number of hydrogen-bond donors (Lipinski definition) is 0. The van der Waals surface area contributed by atoms with Gasteiger partial charge in [0.1, 0.15) is 0 Å². The van der Waals surface area contributed by atoms with E-state index in [9.17, 15) is 14.6 Å². The van der Waals surface area contributed by atoms with Crippen molar-refractivity contribution >= 4 is 21.6 Å². The highest BCUT2D eigenvalue weighted by Gasteiger charge is 2.12. The standard InChI is InChI=1S/C15H21BrFNO5/c16-8-2-1-3-9-21-15(7-10-23-17)22-12-13-5-4-6-14(11-13)18(19)20/h4-6,11,15H,1-3,7-10,12H2. The highest BCUT2D eigenvalue weighted by atomic mass is 79.9. The molecule has 0 spiro atoms. The third-order valence-electron chi connectivity index (χ3n) is 3.07. The first kappa shape index (κ1) is 20.0. The summed E-state index contributed by atoms with van der Waals surface area (Å²) in [5, 5.41) is 11.7. The van der Waals surface area contributed by atoms with Crippen molar-refractivity contribution in [2.24, 2.45) is 0 Å². The number of halogens is 2. The predicted molar refractivity (Wildman–Crippen MR) is 86.9 cm³/mol. The topological polar surface area (TPSA) is 70.8 Å². The molecule has 1 rings (SSSR count). The van der Waals surface area contributed by atoms with Gasteiger partial charge >= 0.3 is 0 Å². The van der Waals surface area contributed by atoms with Gasteiger partial charge in [-0.1, -0.05) is 34.5 Å². The fourth-order valence-corrected chi connectivity index (χ4v) is 2.29. The van der Waals surface area contributed by atoms with Crippen molar-refractivity contribution in [2.75, 3.05) is 18.5 Å². The minimum absolute atomic E-state index is 0.00503. The Bertz CT molecular complexity index is 463. The summed E-state index contributed by atoms with van der Waals surface area (Å²) in [4.78, 5) is 13.8. The fourth-order valence-electron chi connectivity index (χ4n) is 1.89. The van der Waals surface area contributed by atoms with Gasteiger partial charge in [-0.05, 0) is 22.9 Å². The molecule has 0 saturated heterocycles. The van der Waals surface area contributed by atoms with Gasteiger partial charge in [0, 0.05) is 30.5 Å². The lowest BCUT2D eigenvalue weighted by molar-refractivity contribution is -0.385. The van der Waals surface area contributed by atoms with Crippen LogP contribution in [0.25, 0.3) is 0 Å². The van der Waals surface area contributed by atoms with Crippen molar-refractivity contribution < 1.29 is 23.9 Å². The Hall–Kier alpha value is -1.09. The first-order valence-electron chi connectivity index (χ1n) is 7.43. The minimum Gasteiger partial charge on any atom is -0.353 e. The number of nitro benzene ring substituents is 1. The molecule has 0 aliphatic carbocycles. The Balaban J connectivity index is 2.43. The second-order valence-electron chi connectivity index (χ2n) is 4.89. The van der Waals surface area contributed by atoms with Crippen molar-refractivity contribution in [3.8, 4) is 0 Å². The maximum Gasteiger partial charge on any atom is 0.269 e. The number of nitrogens with zero attached hydrogens (tertiary/aromatic N) is 1. The summed E-state index contributed by atoms with van der Waals surface area (Å²) in [6.07, 6.45) is 2.63. The van der Waals surface area contributed by atoms with Gasteiger partial charge in [-0.2, -0.15) is 4.94 Å². The molecule has 130 valence electrons. The van der Waals surface area contributed by atoms with E-state index in [1.165, 1.54) is 12.1 Å². The van der Waals surface area contributed by atoms with Crippen LogP contribution in [0.4, 0.5) is 10.2 Å². The Labute approximate surface area is 143 Å². The molecule has 8 heteroatoms. The van der Waals surface area contributed by atoms with Gasteiger partial charge in [-0.3, -0.25) is 10.1 Å². The number of rotatable bonds is 13. The summed E-state index contributed by atoms with van der Waals surface area (Å²) in [6.45, 7) is 0.542. The van der Waals surface area contributed by atoms with Crippen molar-refractivity contribution in [1.82, 2.24) is 0 Å². The van der Waals surface area contributed by atoms with E-state index in [4.69, 9.17) is 9.47 Å². The molecule has 0 aliphatic rings. The molecule has 0 bridgehead atoms. The van der Waals surface area contributed by atoms with E-state index < -0.39 is 11.2 Å². The molecule has 0 aromatic heterocycles. The van der Waals surface area contributed by atoms with Gasteiger partial charge < -0.3 is 9.47 Å². The van der Waals surface area contributed by atoms with Gasteiger partial charge in [0.05, 0.1) is 18.1 Å². The van der Waals surface area contributed by atoms with Crippen LogP contribution in [0.2, 0.25) is 0 Å². The van der Waals surface area contributed by atoms with Crippen molar-refractivity contribution in [3.05, 3.63) is 39.9 Å². The Morgan fingerprint density at radius 2 is 2.04 bits per heavy atom. The average Bonchev–Trinajstić information content (AvgIpc) is 2.56. The minimum atomic E-state index is -0.603. The second kappa shape index (κ2) is 12.3. The summed E-state index contributed by atoms with van der Waals surface area (Å²) in [6, 6.07) is 6.18. The second-order valence-corrected chi connectivity index (χ2v) is 5.68. The molecule has 0 saturated carbocycles. The molecule has 1 aromatic rings. The molecule has 23 heavy (non-hydrogen) atoms. The summed E-state index contributed by atoms with van der Waals surface area (Å²) >= 11 is 3.36. The molecule has 1 aromatic carbocycles. The van der Waals surface area contributed by atoms with Crippen LogP contribution < -0.4 is 0 Å². The van der Waals surface area contributed by atoms with Gasteiger partial charge in [0.2, 0.25) is 0 Å². The normalized spacial score (nSPS) is 12.3. The lowest BCUT2D eigenvalue weighted by atomic mass is 10.2. The zero-order valence-corrected chi connectivity index (χ0v) is 14.4. The summed E-state index contributed by atoms with van der Waals surface area (Å²) < 4.78 is 23.0. The monoisotopic (exact) mass is 393 g/mol. The quantitative estimate of drug-likeness (QED) is 0.164. The Morgan fingerprint density at radius 1 is 1.22 bits per heavy atom. The van der Waals surface area contributed by atoms with Crippen molar-refractivity contribution in [1.29, 1.82) is 0 Å². The fraction of sp³-hybridized carbons (Fsp3) is 0.600. The highest BCUT2D eigenvalue weighted by molar-refractivity contribution is 9.09. The van der Waals surface area contributed by atoms with E-state index in [0.717, 1.165) is 24.6 Å². The molecule has 0 fully saturated rings. The molecule has 1 unspecified atom stereocenters. The molecule has 0 amide bonds. The van der Waals surface area contributed by atoms with Gasteiger partial charge in [-0.25, -0.2) is 0 Å². The predicted octanol–water partition coefficient (Wildman–Crippen LogP) is 4.31. The Kier molecular flexibility index (Phi) is 10.7. The lowest BCUT2D eigenvalue weighted by Crippen LogP contribution is -2.19. The zero-order valence-electron chi connectivity index (χ0n) is 12.8. The summed E-state index contributed by atoms with van der Waals surface area (Å²) in [7, 11) is 0. The number of nitro groups is 1. The number of non-ortho nitro benzene ring substituents is 1. The number of ether oxygens (including phenoxy) is 2. The number of unbranched alkanes of at least 4 members (excludes halogenated alkanes) is 2. The maximum absolute atomic E-state index is 11.9. The molecular formula is C15H21BrFNO5.